The molecule has 0 fully saturated rings. The van der Waals surface area contributed by atoms with Crippen molar-refractivity contribution >= 4 is 28.1 Å². The standard InChI is InChI=1S/C41H31N3O/c1-40(2)31-19-9-12-22-35(31)43(36-23-13-10-20-32(36)40)30-25-26-33-38(27-30)45-39-42-34-21-11-14-24-37(34)44(39)41(33,28-15-5-3-6-16-28)29-17-7-4-8-18-29/h3-27H,1-2H3. The number of benzene rings is 6. The number of hydrogen-bond acceptors (Lipinski definition) is 3. The first kappa shape index (κ1) is 25.8. The van der Waals surface area contributed by atoms with E-state index in [4.69, 9.17) is 9.72 Å². The van der Waals surface area contributed by atoms with Crippen LogP contribution in [0, 0.1) is 0 Å². The summed E-state index contributed by atoms with van der Waals surface area (Å²) >= 11 is 0. The van der Waals surface area contributed by atoms with E-state index in [2.05, 4.69) is 169 Å². The third kappa shape index (κ3) is 3.51. The molecule has 4 heteroatoms. The Bertz CT molecular complexity index is 2140. The highest BCUT2D eigenvalue weighted by molar-refractivity contribution is 5.87. The van der Waals surface area contributed by atoms with Crippen LogP contribution in [0.3, 0.4) is 0 Å². The van der Waals surface area contributed by atoms with Gasteiger partial charge in [0.2, 0.25) is 0 Å². The van der Waals surface area contributed by atoms with Crippen molar-refractivity contribution < 1.29 is 4.74 Å². The number of fused-ring (bicyclic) bond motifs is 6. The fraction of sp³-hybridized carbons (Fsp3) is 0.0976. The summed E-state index contributed by atoms with van der Waals surface area (Å²) in [7, 11) is 0. The van der Waals surface area contributed by atoms with E-state index in [0.29, 0.717) is 6.01 Å². The summed E-state index contributed by atoms with van der Waals surface area (Å²) in [4.78, 5) is 7.44. The van der Waals surface area contributed by atoms with Gasteiger partial charge in [-0.2, -0.15) is 4.98 Å². The molecule has 0 saturated heterocycles. The molecule has 0 radical (unpaired) electrons. The van der Waals surface area contributed by atoms with Gasteiger partial charge in [0.15, 0.2) is 0 Å². The average Bonchev–Trinajstić information content (AvgIpc) is 3.47. The van der Waals surface area contributed by atoms with Crippen molar-refractivity contribution in [2.24, 2.45) is 0 Å². The van der Waals surface area contributed by atoms with E-state index >= 15 is 0 Å². The van der Waals surface area contributed by atoms with E-state index in [1.54, 1.807) is 0 Å². The minimum Gasteiger partial charge on any atom is -0.425 e. The molecule has 6 aromatic carbocycles. The first-order valence-electron chi connectivity index (χ1n) is 15.5. The Balaban J connectivity index is 1.35. The molecule has 0 bridgehead atoms. The molecule has 4 nitrogen and oxygen atoms in total. The Morgan fingerprint density at radius 2 is 1.11 bits per heavy atom. The van der Waals surface area contributed by atoms with Crippen molar-refractivity contribution in [3.8, 4) is 11.8 Å². The Morgan fingerprint density at radius 1 is 0.556 bits per heavy atom. The summed E-state index contributed by atoms with van der Waals surface area (Å²) in [6.07, 6.45) is 0. The zero-order valence-corrected chi connectivity index (χ0v) is 25.2. The lowest BCUT2D eigenvalue weighted by Gasteiger charge is -2.43. The average molecular weight is 582 g/mol. The van der Waals surface area contributed by atoms with Crippen LogP contribution in [0.2, 0.25) is 0 Å². The molecule has 0 atom stereocenters. The molecule has 45 heavy (non-hydrogen) atoms. The third-order valence-corrected chi connectivity index (χ3v) is 9.70. The zero-order valence-electron chi connectivity index (χ0n) is 25.2. The van der Waals surface area contributed by atoms with Crippen LogP contribution in [0.1, 0.15) is 41.7 Å². The normalized spacial score (nSPS) is 15.4. The maximum Gasteiger partial charge on any atom is 0.304 e. The number of rotatable bonds is 3. The van der Waals surface area contributed by atoms with Gasteiger partial charge in [0.1, 0.15) is 11.3 Å². The minimum absolute atomic E-state index is 0.130. The van der Waals surface area contributed by atoms with E-state index in [0.717, 1.165) is 39.2 Å². The molecule has 7 aromatic rings. The van der Waals surface area contributed by atoms with Crippen molar-refractivity contribution in [1.82, 2.24) is 9.55 Å². The maximum atomic E-state index is 6.83. The van der Waals surface area contributed by atoms with Crippen LogP contribution >= 0.6 is 0 Å². The van der Waals surface area contributed by atoms with Gasteiger partial charge in [-0.05, 0) is 52.6 Å². The predicted octanol–water partition coefficient (Wildman–Crippen LogP) is 10.1. The van der Waals surface area contributed by atoms with Gasteiger partial charge in [-0.25, -0.2) is 0 Å². The summed E-state index contributed by atoms with van der Waals surface area (Å²) in [5.41, 5.74) is 10.5. The van der Waals surface area contributed by atoms with Gasteiger partial charge in [0, 0.05) is 22.7 Å². The van der Waals surface area contributed by atoms with Crippen LogP contribution in [-0.4, -0.2) is 9.55 Å². The van der Waals surface area contributed by atoms with Gasteiger partial charge in [-0.3, -0.25) is 4.57 Å². The molecular formula is C41H31N3O. The minimum atomic E-state index is -0.709. The maximum absolute atomic E-state index is 6.83. The van der Waals surface area contributed by atoms with Gasteiger partial charge in [0.25, 0.3) is 0 Å². The van der Waals surface area contributed by atoms with E-state index in [-0.39, 0.29) is 5.41 Å². The molecule has 0 unspecified atom stereocenters. The molecule has 0 aliphatic carbocycles. The van der Waals surface area contributed by atoms with Crippen LogP contribution in [0.15, 0.2) is 152 Å². The molecule has 1 aromatic heterocycles. The Hall–Kier alpha value is -5.61. The molecule has 2 aliphatic heterocycles. The van der Waals surface area contributed by atoms with Crippen LogP contribution in [0.5, 0.6) is 11.8 Å². The summed E-state index contributed by atoms with van der Waals surface area (Å²) in [5, 5.41) is 0. The smallest absolute Gasteiger partial charge is 0.304 e. The molecule has 0 amide bonds. The summed E-state index contributed by atoms with van der Waals surface area (Å²) in [5.74, 6) is 0.794. The number of anilines is 3. The molecule has 2 aliphatic rings. The first-order valence-corrected chi connectivity index (χ1v) is 15.5. The highest BCUT2D eigenvalue weighted by Crippen LogP contribution is 2.56. The van der Waals surface area contributed by atoms with E-state index in [1.807, 2.05) is 6.07 Å². The monoisotopic (exact) mass is 581 g/mol. The molecule has 0 N–H and O–H groups in total. The van der Waals surface area contributed by atoms with Gasteiger partial charge >= 0.3 is 6.01 Å². The van der Waals surface area contributed by atoms with Crippen LogP contribution < -0.4 is 9.64 Å². The highest BCUT2D eigenvalue weighted by atomic mass is 16.5. The topological polar surface area (TPSA) is 30.3 Å². The fourth-order valence-electron chi connectivity index (χ4n) is 7.69. The van der Waals surface area contributed by atoms with Crippen LogP contribution in [-0.2, 0) is 11.0 Å². The molecule has 216 valence electrons. The van der Waals surface area contributed by atoms with Crippen molar-refractivity contribution in [3.63, 3.8) is 0 Å². The lowest BCUT2D eigenvalue weighted by molar-refractivity contribution is 0.336. The predicted molar refractivity (Wildman–Crippen MR) is 181 cm³/mol. The highest BCUT2D eigenvalue weighted by Gasteiger charge is 2.47. The number of para-hydroxylation sites is 4. The number of nitrogens with zero attached hydrogens (tertiary/aromatic N) is 3. The molecular weight excluding hydrogens is 550 g/mol. The van der Waals surface area contributed by atoms with Crippen molar-refractivity contribution in [1.29, 1.82) is 0 Å². The van der Waals surface area contributed by atoms with Gasteiger partial charge in [-0.15, -0.1) is 0 Å². The van der Waals surface area contributed by atoms with Gasteiger partial charge < -0.3 is 9.64 Å². The molecule has 0 spiro atoms. The molecule has 9 rings (SSSR count). The number of ether oxygens (including phenoxy) is 1. The van der Waals surface area contributed by atoms with Crippen molar-refractivity contribution in [2.75, 3.05) is 4.90 Å². The Morgan fingerprint density at radius 3 is 1.76 bits per heavy atom. The van der Waals surface area contributed by atoms with E-state index < -0.39 is 5.54 Å². The van der Waals surface area contributed by atoms with Crippen molar-refractivity contribution in [2.45, 2.75) is 24.8 Å². The SMILES string of the molecule is CC1(C)c2ccccc2N(c2ccc3c(c2)Oc2nc4ccccc4n2C3(c2ccccc2)c2ccccc2)c2ccccc21. The van der Waals surface area contributed by atoms with Gasteiger partial charge in [-0.1, -0.05) is 129 Å². The third-order valence-electron chi connectivity index (χ3n) is 9.70. The van der Waals surface area contributed by atoms with Crippen LogP contribution in [0.25, 0.3) is 11.0 Å². The summed E-state index contributed by atoms with van der Waals surface area (Å²) in [6.45, 7) is 4.63. The zero-order chi connectivity index (χ0) is 30.2. The second-order valence-electron chi connectivity index (χ2n) is 12.4. The number of hydrogen-bond donors (Lipinski definition) is 0. The summed E-state index contributed by atoms with van der Waals surface area (Å²) in [6, 6.07) is 54.6. The lowest BCUT2D eigenvalue weighted by Crippen LogP contribution is -2.40. The lowest BCUT2D eigenvalue weighted by atomic mass is 9.73. The van der Waals surface area contributed by atoms with E-state index in [1.165, 1.54) is 22.5 Å². The molecule has 0 saturated carbocycles. The number of aromatic nitrogens is 2. The van der Waals surface area contributed by atoms with Gasteiger partial charge in [0.05, 0.1) is 22.4 Å². The van der Waals surface area contributed by atoms with E-state index in [9.17, 15) is 0 Å². The summed E-state index contributed by atoms with van der Waals surface area (Å²) < 4.78 is 9.12. The first-order chi connectivity index (χ1) is 22.1. The second-order valence-corrected chi connectivity index (χ2v) is 12.4. The Labute approximate surface area is 262 Å². The Kier molecular flexibility index (Phi) is 5.42. The quantitative estimate of drug-likeness (QED) is 0.208. The molecule has 3 heterocycles. The van der Waals surface area contributed by atoms with Crippen molar-refractivity contribution in [3.05, 3.63) is 179 Å². The fourth-order valence-corrected chi connectivity index (χ4v) is 7.69. The largest absolute Gasteiger partial charge is 0.425 e. The van der Waals surface area contributed by atoms with Crippen LogP contribution in [0.4, 0.5) is 17.1 Å². The number of imidazole rings is 1. The second kappa shape index (κ2) is 9.44.